The van der Waals surface area contributed by atoms with Gasteiger partial charge in [0.1, 0.15) is 6.17 Å². The highest BCUT2D eigenvalue weighted by Crippen LogP contribution is 2.61. The Morgan fingerprint density at radius 2 is 1.41 bits per heavy atom. The first kappa shape index (κ1) is 17.9. The minimum atomic E-state index is -0.215. The summed E-state index contributed by atoms with van der Waals surface area (Å²) in [7, 11) is 0. The average molecular weight is 383 g/mol. The third-order valence-corrected chi connectivity index (χ3v) is 7.10. The molecule has 2 aliphatic heterocycles. The van der Waals surface area contributed by atoms with Crippen LogP contribution < -0.4 is 9.80 Å². The average Bonchev–Trinajstić information content (AvgIpc) is 3.09. The van der Waals surface area contributed by atoms with Gasteiger partial charge in [-0.2, -0.15) is 0 Å². The van der Waals surface area contributed by atoms with Crippen molar-refractivity contribution in [1.29, 1.82) is 0 Å². The smallest absolute Gasteiger partial charge is 0.178 e. The van der Waals surface area contributed by atoms with Crippen molar-refractivity contribution in [3.8, 4) is 0 Å². The molecule has 29 heavy (non-hydrogen) atoms. The van der Waals surface area contributed by atoms with Gasteiger partial charge in [0.2, 0.25) is 0 Å². The molecule has 0 radical (unpaired) electrons. The Balaban J connectivity index is 1.87. The Morgan fingerprint density at radius 3 is 2.03 bits per heavy atom. The molecule has 2 aliphatic rings. The molecule has 0 aliphatic carbocycles. The summed E-state index contributed by atoms with van der Waals surface area (Å²) in [5.74, 6) is 1.82. The minimum absolute atomic E-state index is 0.0268. The van der Waals surface area contributed by atoms with Crippen molar-refractivity contribution in [3.05, 3.63) is 84.7 Å². The van der Waals surface area contributed by atoms with Gasteiger partial charge in [-0.3, -0.25) is 0 Å². The van der Waals surface area contributed by atoms with Gasteiger partial charge in [-0.1, -0.05) is 63.2 Å². The van der Waals surface area contributed by atoms with E-state index < -0.39 is 0 Å². The number of aromatic nitrogens is 2. The molecule has 4 heteroatoms. The quantitative estimate of drug-likeness (QED) is 0.518. The third-order valence-electron chi connectivity index (χ3n) is 7.10. The van der Waals surface area contributed by atoms with Crippen LogP contribution in [-0.2, 0) is 5.41 Å². The summed E-state index contributed by atoms with van der Waals surface area (Å²) in [5, 5.41) is 0. The van der Waals surface area contributed by atoms with Crippen LogP contribution in [0.2, 0.25) is 0 Å². The highest BCUT2D eigenvalue weighted by Gasteiger charge is 2.59. The molecule has 2 aromatic carbocycles. The van der Waals surface area contributed by atoms with Crippen LogP contribution in [0.3, 0.4) is 0 Å². The summed E-state index contributed by atoms with van der Waals surface area (Å²) < 4.78 is 0. The molecule has 0 spiro atoms. The van der Waals surface area contributed by atoms with E-state index in [1.165, 1.54) is 22.5 Å². The number of aryl methyl sites for hydroxylation is 1. The van der Waals surface area contributed by atoms with E-state index in [4.69, 9.17) is 9.97 Å². The summed E-state index contributed by atoms with van der Waals surface area (Å²) in [6.45, 7) is 13.4. The molecule has 4 nitrogen and oxygen atoms in total. The van der Waals surface area contributed by atoms with Gasteiger partial charge in [-0.15, -0.1) is 6.58 Å². The van der Waals surface area contributed by atoms with Crippen LogP contribution in [0.4, 0.5) is 23.0 Å². The van der Waals surface area contributed by atoms with Crippen LogP contribution in [0, 0.1) is 12.3 Å². The van der Waals surface area contributed by atoms with Gasteiger partial charge >= 0.3 is 0 Å². The second-order valence-electron chi connectivity index (χ2n) is 8.75. The number of hydrogen-bond donors (Lipinski definition) is 0. The van der Waals surface area contributed by atoms with E-state index in [9.17, 15) is 0 Å². The van der Waals surface area contributed by atoms with Crippen molar-refractivity contribution in [3.63, 3.8) is 0 Å². The summed E-state index contributed by atoms with van der Waals surface area (Å²) in [6, 6.07) is 17.1. The molecule has 146 valence electrons. The van der Waals surface area contributed by atoms with Crippen LogP contribution in [0.5, 0.6) is 0 Å². The van der Waals surface area contributed by atoms with Gasteiger partial charge in [0.25, 0.3) is 0 Å². The Morgan fingerprint density at radius 1 is 0.862 bits per heavy atom. The van der Waals surface area contributed by atoms with E-state index in [1.54, 1.807) is 12.4 Å². The zero-order valence-corrected chi connectivity index (χ0v) is 17.4. The number of fused-ring (bicyclic) bond motifs is 5. The van der Waals surface area contributed by atoms with E-state index in [2.05, 4.69) is 98.7 Å². The fourth-order valence-corrected chi connectivity index (χ4v) is 5.09. The molecule has 5 rings (SSSR count). The van der Waals surface area contributed by atoms with Gasteiger partial charge in [0.15, 0.2) is 11.6 Å². The van der Waals surface area contributed by atoms with Crippen molar-refractivity contribution < 1.29 is 0 Å². The van der Waals surface area contributed by atoms with Crippen molar-refractivity contribution in [2.45, 2.75) is 39.3 Å². The summed E-state index contributed by atoms with van der Waals surface area (Å²) >= 11 is 0. The molecule has 3 heterocycles. The number of anilines is 4. The number of benzene rings is 2. The zero-order valence-electron chi connectivity index (χ0n) is 17.4. The van der Waals surface area contributed by atoms with Gasteiger partial charge in [-0.25, -0.2) is 9.97 Å². The molecule has 1 aromatic heterocycles. The second kappa shape index (κ2) is 5.93. The second-order valence-corrected chi connectivity index (χ2v) is 8.75. The predicted octanol–water partition coefficient (Wildman–Crippen LogP) is 5.88. The van der Waals surface area contributed by atoms with E-state index in [-0.39, 0.29) is 17.0 Å². The molecule has 0 saturated heterocycles. The lowest BCUT2D eigenvalue weighted by Crippen LogP contribution is -2.60. The normalized spacial score (nSPS) is 23.9. The highest BCUT2D eigenvalue weighted by atomic mass is 15.5. The molecule has 0 fully saturated rings. The fraction of sp³-hybridized carbons (Fsp3) is 0.280. The maximum absolute atomic E-state index is 4.79. The van der Waals surface area contributed by atoms with E-state index in [0.29, 0.717) is 0 Å². The number of hydrogen-bond acceptors (Lipinski definition) is 4. The SMILES string of the molecule is C=CC1(C)c2ccccc2N2c3nccnc3N(c3ccccc3C)C2C1(C)C. The molecular formula is C25H26N4. The van der Waals surface area contributed by atoms with Gasteiger partial charge in [0.05, 0.1) is 0 Å². The van der Waals surface area contributed by atoms with Crippen LogP contribution >= 0.6 is 0 Å². The molecule has 0 bridgehead atoms. The molecule has 3 aromatic rings. The Bertz CT molecular complexity index is 1120. The standard InChI is InChI=1S/C25H26N4/c1-6-25(5)18-12-8-10-14-20(18)29-22-21(26-15-16-27-22)28(23(29)24(25,3)4)19-13-9-7-11-17(19)2/h6-16,23H,1H2,2-5H3. The lowest BCUT2D eigenvalue weighted by atomic mass is 9.58. The molecule has 0 N–H and O–H groups in total. The Kier molecular flexibility index (Phi) is 3.66. The molecular weight excluding hydrogens is 356 g/mol. The fourth-order valence-electron chi connectivity index (χ4n) is 5.09. The summed E-state index contributed by atoms with van der Waals surface area (Å²) in [5.41, 5.74) is 4.46. The summed E-state index contributed by atoms with van der Waals surface area (Å²) in [4.78, 5) is 14.3. The monoisotopic (exact) mass is 382 g/mol. The molecule has 0 amide bonds. The molecule has 0 saturated carbocycles. The first-order valence-electron chi connectivity index (χ1n) is 10.1. The summed E-state index contributed by atoms with van der Waals surface area (Å²) in [6.07, 6.45) is 5.71. The van der Waals surface area contributed by atoms with Crippen LogP contribution in [0.1, 0.15) is 31.9 Å². The Hall–Kier alpha value is -3.14. The van der Waals surface area contributed by atoms with E-state index >= 15 is 0 Å². The van der Waals surface area contributed by atoms with Crippen LogP contribution in [0.15, 0.2) is 73.6 Å². The van der Waals surface area contributed by atoms with Gasteiger partial charge in [-0.05, 0) is 30.2 Å². The Labute approximate surface area is 172 Å². The van der Waals surface area contributed by atoms with Crippen molar-refractivity contribution in [1.82, 2.24) is 9.97 Å². The zero-order chi connectivity index (χ0) is 20.4. The maximum atomic E-state index is 4.79. The van der Waals surface area contributed by atoms with Crippen molar-refractivity contribution >= 4 is 23.0 Å². The minimum Gasteiger partial charge on any atom is -0.301 e. The lowest BCUT2D eigenvalue weighted by Gasteiger charge is -2.56. The number of para-hydroxylation sites is 2. The largest absolute Gasteiger partial charge is 0.301 e. The third kappa shape index (κ3) is 2.14. The number of allylic oxidation sites excluding steroid dienone is 1. The first-order valence-corrected chi connectivity index (χ1v) is 10.1. The van der Waals surface area contributed by atoms with E-state index in [0.717, 1.165) is 11.6 Å². The molecule has 2 atom stereocenters. The molecule has 2 unspecified atom stereocenters. The van der Waals surface area contributed by atoms with Gasteiger partial charge in [0, 0.05) is 34.6 Å². The van der Waals surface area contributed by atoms with Crippen molar-refractivity contribution in [2.24, 2.45) is 5.41 Å². The van der Waals surface area contributed by atoms with Crippen molar-refractivity contribution in [2.75, 3.05) is 9.80 Å². The number of nitrogens with zero attached hydrogens (tertiary/aromatic N) is 4. The highest BCUT2D eigenvalue weighted by molar-refractivity contribution is 5.87. The maximum Gasteiger partial charge on any atom is 0.178 e. The predicted molar refractivity (Wildman–Crippen MR) is 119 cm³/mol. The number of rotatable bonds is 2. The van der Waals surface area contributed by atoms with Crippen LogP contribution in [-0.4, -0.2) is 16.1 Å². The van der Waals surface area contributed by atoms with Crippen LogP contribution in [0.25, 0.3) is 0 Å². The first-order chi connectivity index (χ1) is 13.9. The lowest BCUT2D eigenvalue weighted by molar-refractivity contribution is 0.170. The van der Waals surface area contributed by atoms with Gasteiger partial charge < -0.3 is 9.80 Å². The van der Waals surface area contributed by atoms with E-state index in [1.807, 2.05) is 0 Å². The topological polar surface area (TPSA) is 32.3 Å².